The Balaban J connectivity index is 1.37. The normalized spacial score (nSPS) is 16.0. The lowest BCUT2D eigenvalue weighted by Gasteiger charge is -2.15. The SMILES string of the molecule is O=C(CSC1CC(=O)N(c2ccc(C(=O)[O-])cc2)C1=O)Nc1ccc2ccccc2c1. The molecule has 1 N–H and O–H groups in total. The number of carbonyl (C=O) groups excluding carboxylic acids is 4. The van der Waals surface area contributed by atoms with E-state index in [-0.39, 0.29) is 23.6 Å². The number of nitrogens with zero attached hydrogens (tertiary/aromatic N) is 1. The molecule has 0 bridgehead atoms. The first-order chi connectivity index (χ1) is 14.9. The molecule has 0 saturated carbocycles. The maximum absolute atomic E-state index is 12.7. The molecule has 1 heterocycles. The van der Waals surface area contributed by atoms with Crippen LogP contribution in [0.25, 0.3) is 10.8 Å². The molecule has 31 heavy (non-hydrogen) atoms. The summed E-state index contributed by atoms with van der Waals surface area (Å²) in [7, 11) is 0. The highest BCUT2D eigenvalue weighted by atomic mass is 32.2. The average Bonchev–Trinajstić information content (AvgIpc) is 3.05. The minimum absolute atomic E-state index is 0.0189. The van der Waals surface area contributed by atoms with Crippen molar-refractivity contribution in [2.45, 2.75) is 11.7 Å². The molecule has 0 aromatic heterocycles. The van der Waals surface area contributed by atoms with Crippen molar-refractivity contribution in [1.82, 2.24) is 0 Å². The molecule has 0 radical (unpaired) electrons. The summed E-state index contributed by atoms with van der Waals surface area (Å²) in [4.78, 5) is 49.2. The molecule has 3 aromatic rings. The van der Waals surface area contributed by atoms with E-state index in [1.165, 1.54) is 24.3 Å². The number of fused-ring (bicyclic) bond motifs is 1. The van der Waals surface area contributed by atoms with Crippen molar-refractivity contribution in [1.29, 1.82) is 0 Å². The van der Waals surface area contributed by atoms with Crippen molar-refractivity contribution in [3.05, 3.63) is 72.3 Å². The number of anilines is 2. The van der Waals surface area contributed by atoms with Crippen LogP contribution < -0.4 is 15.3 Å². The van der Waals surface area contributed by atoms with Gasteiger partial charge in [-0.25, -0.2) is 4.90 Å². The van der Waals surface area contributed by atoms with E-state index >= 15 is 0 Å². The third-order valence-corrected chi connectivity index (χ3v) is 6.11. The van der Waals surface area contributed by atoms with E-state index in [1.54, 1.807) is 0 Å². The predicted octanol–water partition coefficient (Wildman–Crippen LogP) is 2.21. The zero-order valence-corrected chi connectivity index (χ0v) is 17.1. The Bertz CT molecular complexity index is 1190. The van der Waals surface area contributed by atoms with Gasteiger partial charge in [0.1, 0.15) is 0 Å². The van der Waals surface area contributed by atoms with Gasteiger partial charge in [0.05, 0.1) is 22.7 Å². The first kappa shape index (κ1) is 20.6. The van der Waals surface area contributed by atoms with Crippen LogP contribution in [-0.2, 0) is 14.4 Å². The minimum atomic E-state index is -1.34. The second-order valence-electron chi connectivity index (χ2n) is 7.02. The molecular formula is C23H17N2O5S-. The number of aromatic carboxylic acids is 1. The standard InChI is InChI=1S/C23H18N2O5S/c26-20(24-17-8-5-14-3-1-2-4-16(14)11-17)13-31-19-12-21(27)25(22(19)28)18-9-6-15(7-10-18)23(29)30/h1-11,19H,12-13H2,(H,24,26)(H,29,30)/p-1. The second kappa shape index (κ2) is 8.61. The molecule has 0 aliphatic carbocycles. The van der Waals surface area contributed by atoms with E-state index in [9.17, 15) is 24.3 Å². The summed E-state index contributed by atoms with van der Waals surface area (Å²) in [6.07, 6.45) is -0.0189. The van der Waals surface area contributed by atoms with Crippen LogP contribution in [0.2, 0.25) is 0 Å². The molecule has 3 aromatic carbocycles. The van der Waals surface area contributed by atoms with E-state index in [4.69, 9.17) is 0 Å². The van der Waals surface area contributed by atoms with Gasteiger partial charge in [0.2, 0.25) is 17.7 Å². The Morgan fingerprint density at radius 1 is 1.00 bits per heavy atom. The quantitative estimate of drug-likeness (QED) is 0.598. The zero-order chi connectivity index (χ0) is 22.0. The van der Waals surface area contributed by atoms with E-state index < -0.39 is 23.0 Å². The Morgan fingerprint density at radius 2 is 1.71 bits per heavy atom. The van der Waals surface area contributed by atoms with Gasteiger partial charge in [-0.3, -0.25) is 14.4 Å². The average molecular weight is 433 g/mol. The Morgan fingerprint density at radius 3 is 2.42 bits per heavy atom. The van der Waals surface area contributed by atoms with Crippen molar-refractivity contribution in [2.75, 3.05) is 16.0 Å². The largest absolute Gasteiger partial charge is 0.545 e. The van der Waals surface area contributed by atoms with Crippen LogP contribution in [0.15, 0.2) is 66.7 Å². The highest BCUT2D eigenvalue weighted by Gasteiger charge is 2.40. The van der Waals surface area contributed by atoms with Gasteiger partial charge in [0.15, 0.2) is 0 Å². The number of carboxylic acids is 1. The highest BCUT2D eigenvalue weighted by molar-refractivity contribution is 8.01. The fraction of sp³-hybridized carbons (Fsp3) is 0.130. The molecule has 8 heteroatoms. The number of hydrogen-bond acceptors (Lipinski definition) is 6. The van der Waals surface area contributed by atoms with E-state index in [0.29, 0.717) is 11.4 Å². The van der Waals surface area contributed by atoms with Gasteiger partial charge in [-0.05, 0) is 40.6 Å². The Hall–Kier alpha value is -3.65. The van der Waals surface area contributed by atoms with Gasteiger partial charge in [-0.15, -0.1) is 11.8 Å². The van der Waals surface area contributed by atoms with Crippen molar-refractivity contribution in [3.63, 3.8) is 0 Å². The molecule has 1 aliphatic heterocycles. The third kappa shape index (κ3) is 4.44. The Kier molecular flexibility index (Phi) is 5.73. The smallest absolute Gasteiger partial charge is 0.247 e. The summed E-state index contributed by atoms with van der Waals surface area (Å²) in [5, 5.41) is 15.1. The van der Waals surface area contributed by atoms with Crippen LogP contribution >= 0.6 is 11.8 Å². The number of imide groups is 1. The van der Waals surface area contributed by atoms with Gasteiger partial charge < -0.3 is 15.2 Å². The van der Waals surface area contributed by atoms with Crippen LogP contribution in [0.4, 0.5) is 11.4 Å². The summed E-state index contributed by atoms with van der Waals surface area (Å²) in [5.74, 6) is -2.39. The third-order valence-electron chi connectivity index (χ3n) is 4.92. The number of amides is 3. The lowest BCUT2D eigenvalue weighted by molar-refractivity contribution is -0.255. The van der Waals surface area contributed by atoms with Crippen LogP contribution in [-0.4, -0.2) is 34.7 Å². The molecule has 1 unspecified atom stereocenters. The number of carboxylic acid groups (broad SMARTS) is 1. The molecule has 1 saturated heterocycles. The van der Waals surface area contributed by atoms with Gasteiger partial charge in [0.25, 0.3) is 0 Å². The van der Waals surface area contributed by atoms with Crippen molar-refractivity contribution >= 4 is 57.6 Å². The van der Waals surface area contributed by atoms with Gasteiger partial charge in [-0.1, -0.05) is 42.5 Å². The molecule has 7 nitrogen and oxygen atoms in total. The topological polar surface area (TPSA) is 107 Å². The Labute approximate surface area is 182 Å². The molecule has 3 amide bonds. The maximum atomic E-state index is 12.7. The molecule has 1 atom stereocenters. The number of benzene rings is 3. The molecule has 156 valence electrons. The van der Waals surface area contributed by atoms with Crippen LogP contribution in [0, 0.1) is 0 Å². The summed E-state index contributed by atoms with van der Waals surface area (Å²) < 4.78 is 0. The number of thioether (sulfide) groups is 1. The second-order valence-corrected chi connectivity index (χ2v) is 8.21. The zero-order valence-electron chi connectivity index (χ0n) is 16.2. The number of carbonyl (C=O) groups is 4. The minimum Gasteiger partial charge on any atom is -0.545 e. The highest BCUT2D eigenvalue weighted by Crippen LogP contribution is 2.30. The lowest BCUT2D eigenvalue weighted by Crippen LogP contribution is -2.31. The van der Waals surface area contributed by atoms with Crippen LogP contribution in [0.3, 0.4) is 0 Å². The molecular weight excluding hydrogens is 416 g/mol. The summed E-state index contributed by atoms with van der Waals surface area (Å²) in [6, 6.07) is 18.7. The number of hydrogen-bond donors (Lipinski definition) is 1. The van der Waals surface area contributed by atoms with Crippen molar-refractivity contribution in [2.24, 2.45) is 0 Å². The number of nitrogens with one attached hydrogen (secondary N) is 1. The fourth-order valence-electron chi connectivity index (χ4n) is 3.39. The molecule has 4 rings (SSSR count). The fourth-order valence-corrected chi connectivity index (χ4v) is 4.33. The first-order valence-electron chi connectivity index (χ1n) is 9.51. The molecule has 1 fully saturated rings. The lowest BCUT2D eigenvalue weighted by atomic mass is 10.1. The molecule has 1 aliphatic rings. The maximum Gasteiger partial charge on any atom is 0.247 e. The van der Waals surface area contributed by atoms with E-state index in [0.717, 1.165) is 27.4 Å². The van der Waals surface area contributed by atoms with E-state index in [2.05, 4.69) is 5.32 Å². The summed E-state index contributed by atoms with van der Waals surface area (Å²) >= 11 is 1.11. The van der Waals surface area contributed by atoms with Crippen molar-refractivity contribution < 1.29 is 24.3 Å². The monoisotopic (exact) mass is 433 g/mol. The van der Waals surface area contributed by atoms with Crippen LogP contribution in [0.1, 0.15) is 16.8 Å². The van der Waals surface area contributed by atoms with Gasteiger partial charge in [-0.2, -0.15) is 0 Å². The van der Waals surface area contributed by atoms with Crippen LogP contribution in [0.5, 0.6) is 0 Å². The summed E-state index contributed by atoms with van der Waals surface area (Å²) in [5.41, 5.74) is 0.913. The van der Waals surface area contributed by atoms with Gasteiger partial charge >= 0.3 is 0 Å². The number of rotatable bonds is 6. The first-order valence-corrected chi connectivity index (χ1v) is 10.6. The summed E-state index contributed by atoms with van der Waals surface area (Å²) in [6.45, 7) is 0. The van der Waals surface area contributed by atoms with Gasteiger partial charge in [0, 0.05) is 12.1 Å². The van der Waals surface area contributed by atoms with E-state index in [1.807, 2.05) is 42.5 Å². The predicted molar refractivity (Wildman–Crippen MR) is 117 cm³/mol. The van der Waals surface area contributed by atoms with Crippen molar-refractivity contribution in [3.8, 4) is 0 Å². The molecule has 0 spiro atoms.